The Balaban J connectivity index is 1.24. The minimum Gasteiger partial charge on any atom is -0.486 e. The number of amides is 1. The quantitative estimate of drug-likeness (QED) is 0.414. The van der Waals surface area contributed by atoms with Gasteiger partial charge in [0.1, 0.15) is 17.4 Å². The maximum atomic E-state index is 13.1. The van der Waals surface area contributed by atoms with Gasteiger partial charge in [0.2, 0.25) is 5.91 Å². The fraction of sp³-hybridized carbons (Fsp3) is 0.545. The zero-order valence-electron chi connectivity index (χ0n) is 19.4. The van der Waals surface area contributed by atoms with Gasteiger partial charge in [0.05, 0.1) is 49.3 Å². The van der Waals surface area contributed by atoms with Crippen LogP contribution in [-0.4, -0.2) is 64.4 Å². The van der Waals surface area contributed by atoms with E-state index < -0.39 is 46.9 Å². The lowest BCUT2D eigenvalue weighted by atomic mass is 9.92. The van der Waals surface area contributed by atoms with E-state index in [4.69, 9.17) is 9.47 Å². The van der Waals surface area contributed by atoms with Gasteiger partial charge in [-0.3, -0.25) is 14.6 Å². The molecule has 9 nitrogen and oxygen atoms in total. The highest BCUT2D eigenvalue weighted by Crippen LogP contribution is 2.43. The molecule has 1 saturated heterocycles. The monoisotopic (exact) mass is 535 g/mol. The van der Waals surface area contributed by atoms with E-state index in [-0.39, 0.29) is 43.8 Å². The fourth-order valence-electron chi connectivity index (χ4n) is 4.40. The van der Waals surface area contributed by atoms with Crippen molar-refractivity contribution < 1.29 is 40.6 Å². The van der Waals surface area contributed by atoms with Gasteiger partial charge in [0, 0.05) is 24.7 Å². The third-order valence-corrected chi connectivity index (χ3v) is 6.12. The van der Waals surface area contributed by atoms with Crippen LogP contribution < -0.4 is 15.6 Å². The zero-order chi connectivity index (χ0) is 27.0. The molecule has 4 rings (SSSR count). The Morgan fingerprint density at radius 1 is 1.27 bits per heavy atom. The number of piperidine rings is 1. The summed E-state index contributed by atoms with van der Waals surface area (Å²) in [7, 11) is 0. The average Bonchev–Trinajstić information content (AvgIpc) is 3.17. The van der Waals surface area contributed by atoms with Gasteiger partial charge in [0.25, 0.3) is 5.56 Å². The maximum absolute atomic E-state index is 13.1. The number of halogens is 6. The normalized spacial score (nSPS) is 20.1. The highest BCUT2D eigenvalue weighted by Gasteiger charge is 2.43. The van der Waals surface area contributed by atoms with Gasteiger partial charge in [-0.05, 0) is 19.4 Å². The molecule has 0 radical (unpaired) electrons. The topological polar surface area (TPSA) is 109 Å². The summed E-state index contributed by atoms with van der Waals surface area (Å²) in [4.78, 5) is 29.6. The molecule has 2 aliphatic heterocycles. The Morgan fingerprint density at radius 3 is 2.73 bits per heavy atom. The SMILES string of the molecule is CC(COCCC(=O)N1CCC2c3ncc(C(F)(F)F)cc3OC2C1)Nc1cn[nH]c(=O)c1C(F)(F)F. The summed E-state index contributed by atoms with van der Waals surface area (Å²) < 4.78 is 89.4. The van der Waals surface area contributed by atoms with E-state index in [0.717, 1.165) is 18.5 Å². The molecule has 37 heavy (non-hydrogen) atoms. The molecule has 2 aromatic rings. The van der Waals surface area contributed by atoms with Gasteiger partial charge in [-0.15, -0.1) is 0 Å². The minimum absolute atomic E-state index is 0.00606. The van der Waals surface area contributed by atoms with Crippen molar-refractivity contribution in [3.8, 4) is 5.75 Å². The number of carbonyl (C=O) groups excluding carboxylic acids is 1. The Labute approximate surface area is 206 Å². The number of alkyl halides is 6. The van der Waals surface area contributed by atoms with Crippen LogP contribution in [0, 0.1) is 0 Å². The molecule has 3 atom stereocenters. The maximum Gasteiger partial charge on any atom is 0.423 e. The summed E-state index contributed by atoms with van der Waals surface area (Å²) >= 11 is 0. The van der Waals surface area contributed by atoms with E-state index >= 15 is 0 Å². The molecule has 0 bridgehead atoms. The molecule has 2 aromatic heterocycles. The van der Waals surface area contributed by atoms with Crippen molar-refractivity contribution in [1.29, 1.82) is 0 Å². The van der Waals surface area contributed by atoms with Crippen LogP contribution in [-0.2, 0) is 21.9 Å². The van der Waals surface area contributed by atoms with Crippen LogP contribution in [0.4, 0.5) is 32.0 Å². The predicted molar refractivity (Wildman–Crippen MR) is 116 cm³/mol. The standard InChI is InChI=1S/C22H23F6N5O4/c1-11(31-14-8-30-32-20(35)18(14)22(26,27)28)10-36-5-3-17(34)33-4-2-13-16(9-33)37-15-6-12(21(23,24)25)7-29-19(13)15/h6-8,11,13,16H,2-5,9-10H2,1H3,(H2,31,32,35). The molecule has 2 N–H and O–H groups in total. The molecule has 0 saturated carbocycles. The van der Waals surface area contributed by atoms with E-state index in [0.29, 0.717) is 18.7 Å². The van der Waals surface area contributed by atoms with Crippen molar-refractivity contribution in [1.82, 2.24) is 20.1 Å². The number of pyridine rings is 1. The van der Waals surface area contributed by atoms with Crippen molar-refractivity contribution in [3.63, 3.8) is 0 Å². The second-order valence-corrected chi connectivity index (χ2v) is 8.85. The number of rotatable bonds is 7. The summed E-state index contributed by atoms with van der Waals surface area (Å²) in [6.07, 6.45) is -7.80. The van der Waals surface area contributed by atoms with Crippen LogP contribution >= 0.6 is 0 Å². The molecule has 3 unspecified atom stereocenters. The molecular formula is C22H23F6N5O4. The molecule has 4 heterocycles. The van der Waals surface area contributed by atoms with Crippen LogP contribution in [0.3, 0.4) is 0 Å². The van der Waals surface area contributed by atoms with Gasteiger partial charge in [-0.2, -0.15) is 31.4 Å². The van der Waals surface area contributed by atoms with Crippen molar-refractivity contribution >= 4 is 11.6 Å². The number of aromatic nitrogens is 3. The highest BCUT2D eigenvalue weighted by molar-refractivity contribution is 5.76. The number of anilines is 1. The number of hydrogen-bond acceptors (Lipinski definition) is 7. The van der Waals surface area contributed by atoms with Gasteiger partial charge >= 0.3 is 12.4 Å². The first kappa shape index (κ1) is 26.7. The van der Waals surface area contributed by atoms with Crippen LogP contribution in [0.1, 0.15) is 42.5 Å². The van der Waals surface area contributed by atoms with Crippen molar-refractivity contribution in [2.45, 2.75) is 50.2 Å². The lowest BCUT2D eigenvalue weighted by Gasteiger charge is -2.33. The summed E-state index contributed by atoms with van der Waals surface area (Å²) in [5.41, 5.74) is -3.69. The average molecular weight is 535 g/mol. The number of ether oxygens (including phenoxy) is 2. The van der Waals surface area contributed by atoms with Gasteiger partial charge in [-0.1, -0.05) is 0 Å². The van der Waals surface area contributed by atoms with Gasteiger partial charge in [0.15, 0.2) is 0 Å². The molecule has 15 heteroatoms. The Morgan fingerprint density at radius 2 is 2.03 bits per heavy atom. The summed E-state index contributed by atoms with van der Waals surface area (Å²) in [6, 6.07) is 0.296. The Kier molecular flexibility index (Phi) is 7.35. The lowest BCUT2D eigenvalue weighted by molar-refractivity contribution is -0.139. The van der Waals surface area contributed by atoms with Crippen LogP contribution in [0.5, 0.6) is 5.75 Å². The number of nitrogens with zero attached hydrogens (tertiary/aromatic N) is 3. The Hall–Kier alpha value is -3.36. The van der Waals surface area contributed by atoms with Crippen molar-refractivity contribution in [2.75, 3.05) is 31.6 Å². The number of nitrogens with one attached hydrogen (secondary N) is 2. The number of H-pyrrole nitrogens is 1. The first-order chi connectivity index (χ1) is 17.3. The van der Waals surface area contributed by atoms with E-state index in [9.17, 15) is 35.9 Å². The smallest absolute Gasteiger partial charge is 0.423 e. The molecule has 1 fully saturated rings. The van der Waals surface area contributed by atoms with E-state index in [1.807, 2.05) is 0 Å². The number of likely N-dealkylation sites (tertiary alicyclic amines) is 1. The highest BCUT2D eigenvalue weighted by atomic mass is 19.4. The minimum atomic E-state index is -4.87. The van der Waals surface area contributed by atoms with E-state index in [1.165, 1.54) is 0 Å². The largest absolute Gasteiger partial charge is 0.486 e. The first-order valence-electron chi connectivity index (χ1n) is 11.4. The molecule has 202 valence electrons. The second kappa shape index (κ2) is 10.2. The molecule has 0 spiro atoms. The fourth-order valence-corrected chi connectivity index (χ4v) is 4.40. The van der Waals surface area contributed by atoms with E-state index in [2.05, 4.69) is 15.4 Å². The third kappa shape index (κ3) is 5.97. The van der Waals surface area contributed by atoms with Crippen LogP contribution in [0.2, 0.25) is 0 Å². The van der Waals surface area contributed by atoms with E-state index in [1.54, 1.807) is 16.9 Å². The van der Waals surface area contributed by atoms with Gasteiger partial charge < -0.3 is 19.7 Å². The van der Waals surface area contributed by atoms with Crippen molar-refractivity contribution in [3.05, 3.63) is 45.6 Å². The molecule has 1 amide bonds. The third-order valence-electron chi connectivity index (χ3n) is 6.12. The van der Waals surface area contributed by atoms with Gasteiger partial charge in [-0.25, -0.2) is 5.10 Å². The lowest BCUT2D eigenvalue weighted by Crippen LogP contribution is -2.46. The summed E-state index contributed by atoms with van der Waals surface area (Å²) in [6.45, 7) is 2.05. The van der Waals surface area contributed by atoms with Crippen molar-refractivity contribution in [2.24, 2.45) is 0 Å². The molecule has 0 aromatic carbocycles. The number of aromatic amines is 1. The predicted octanol–water partition coefficient (Wildman–Crippen LogP) is 3.19. The Bertz CT molecular complexity index is 1200. The zero-order valence-corrected chi connectivity index (χ0v) is 19.4. The molecule has 2 aliphatic rings. The number of hydrogen-bond donors (Lipinski definition) is 2. The molecular weight excluding hydrogens is 512 g/mol. The summed E-state index contributed by atoms with van der Waals surface area (Å²) in [5, 5.41) is 7.67. The first-order valence-corrected chi connectivity index (χ1v) is 11.4. The second-order valence-electron chi connectivity index (χ2n) is 8.85. The summed E-state index contributed by atoms with van der Waals surface area (Å²) in [5.74, 6) is -0.375. The van der Waals surface area contributed by atoms with Crippen LogP contribution in [0.15, 0.2) is 23.3 Å². The van der Waals surface area contributed by atoms with Crippen LogP contribution in [0.25, 0.3) is 0 Å². The molecule has 0 aliphatic carbocycles. The number of carbonyl (C=O) groups is 1. The number of fused-ring (bicyclic) bond motifs is 3.